The van der Waals surface area contributed by atoms with E-state index in [2.05, 4.69) is 20.6 Å². The van der Waals surface area contributed by atoms with Gasteiger partial charge in [0.15, 0.2) is 18.2 Å². The van der Waals surface area contributed by atoms with Crippen LogP contribution in [0.3, 0.4) is 0 Å². The van der Waals surface area contributed by atoms with E-state index < -0.39 is 5.82 Å². The van der Waals surface area contributed by atoms with E-state index >= 15 is 0 Å². The van der Waals surface area contributed by atoms with Crippen LogP contribution < -0.4 is 15.4 Å². The highest BCUT2D eigenvalue weighted by atomic mass is 19.1. The highest BCUT2D eigenvalue weighted by Gasteiger charge is 2.09. The lowest BCUT2D eigenvalue weighted by atomic mass is 10.2. The molecule has 0 radical (unpaired) electrons. The number of halogens is 1. The third-order valence-corrected chi connectivity index (χ3v) is 3.39. The fraction of sp³-hybridized carbons (Fsp3) is 0.0526. The normalized spacial score (nSPS) is 9.74. The smallest absolute Gasteiger partial charge is 0.229 e. The van der Waals surface area contributed by atoms with Gasteiger partial charge in [0.1, 0.15) is 11.8 Å². The number of anilines is 4. The standard InChI is InChI=1S/C19H13FN6O/c20-17-12-23-19(25-14-4-1-3-13(9-14)11-22)26-18(17)24-15-5-2-6-16(10-15)27-8-7-21/h1-6,9-10,12H,8H2,(H2,23,24,25,26). The summed E-state index contributed by atoms with van der Waals surface area (Å²) in [5.74, 6) is -0.00963. The fourth-order valence-electron chi connectivity index (χ4n) is 2.23. The van der Waals surface area contributed by atoms with E-state index in [0.29, 0.717) is 22.7 Å². The van der Waals surface area contributed by atoms with Crippen molar-refractivity contribution in [1.82, 2.24) is 9.97 Å². The van der Waals surface area contributed by atoms with Gasteiger partial charge in [-0.3, -0.25) is 0 Å². The van der Waals surface area contributed by atoms with E-state index in [-0.39, 0.29) is 18.4 Å². The van der Waals surface area contributed by atoms with Gasteiger partial charge in [-0.2, -0.15) is 15.5 Å². The Morgan fingerprint density at radius 2 is 1.81 bits per heavy atom. The number of hydrogen-bond donors (Lipinski definition) is 2. The average Bonchev–Trinajstić information content (AvgIpc) is 2.69. The molecule has 0 aliphatic heterocycles. The number of nitriles is 2. The van der Waals surface area contributed by atoms with Gasteiger partial charge in [-0.25, -0.2) is 9.37 Å². The van der Waals surface area contributed by atoms with Crippen molar-refractivity contribution in [1.29, 1.82) is 10.5 Å². The summed E-state index contributed by atoms with van der Waals surface area (Å²) in [5, 5.41) is 23.3. The molecule has 2 aromatic carbocycles. The second-order valence-electron chi connectivity index (χ2n) is 5.31. The van der Waals surface area contributed by atoms with Crippen molar-refractivity contribution >= 4 is 23.1 Å². The van der Waals surface area contributed by atoms with Gasteiger partial charge < -0.3 is 15.4 Å². The van der Waals surface area contributed by atoms with Crippen molar-refractivity contribution in [2.45, 2.75) is 0 Å². The number of aromatic nitrogens is 2. The molecule has 1 heterocycles. The predicted molar refractivity (Wildman–Crippen MR) is 97.3 cm³/mol. The van der Waals surface area contributed by atoms with Gasteiger partial charge in [0.25, 0.3) is 0 Å². The van der Waals surface area contributed by atoms with Crippen molar-refractivity contribution < 1.29 is 9.13 Å². The Labute approximate surface area is 154 Å². The number of hydrogen-bond acceptors (Lipinski definition) is 7. The molecular formula is C19H13FN6O. The van der Waals surface area contributed by atoms with Crippen LogP contribution in [0.2, 0.25) is 0 Å². The molecule has 0 fully saturated rings. The van der Waals surface area contributed by atoms with Gasteiger partial charge in [0.05, 0.1) is 17.8 Å². The van der Waals surface area contributed by atoms with E-state index in [9.17, 15) is 4.39 Å². The second kappa shape index (κ2) is 8.28. The Kier molecular flexibility index (Phi) is 5.41. The third-order valence-electron chi connectivity index (χ3n) is 3.39. The summed E-state index contributed by atoms with van der Waals surface area (Å²) < 4.78 is 19.3. The molecule has 0 bridgehead atoms. The molecule has 132 valence electrons. The minimum atomic E-state index is -0.630. The molecule has 2 N–H and O–H groups in total. The number of benzene rings is 2. The Balaban J connectivity index is 1.79. The third kappa shape index (κ3) is 4.68. The van der Waals surface area contributed by atoms with Crippen LogP contribution in [0, 0.1) is 28.5 Å². The first kappa shape index (κ1) is 17.6. The van der Waals surface area contributed by atoms with Crippen LogP contribution in [0.4, 0.5) is 27.5 Å². The molecule has 0 spiro atoms. The lowest BCUT2D eigenvalue weighted by Crippen LogP contribution is -2.03. The molecule has 7 nitrogen and oxygen atoms in total. The molecule has 0 saturated heterocycles. The van der Waals surface area contributed by atoms with Crippen LogP contribution in [0.25, 0.3) is 0 Å². The first-order valence-electron chi connectivity index (χ1n) is 7.84. The van der Waals surface area contributed by atoms with Gasteiger partial charge >= 0.3 is 0 Å². The maximum atomic E-state index is 14.1. The summed E-state index contributed by atoms with van der Waals surface area (Å²) in [6, 6.07) is 17.4. The van der Waals surface area contributed by atoms with Gasteiger partial charge in [-0.05, 0) is 30.3 Å². The van der Waals surface area contributed by atoms with Crippen molar-refractivity contribution in [3.05, 3.63) is 66.1 Å². The number of rotatable bonds is 6. The van der Waals surface area contributed by atoms with E-state index in [1.807, 2.05) is 12.1 Å². The van der Waals surface area contributed by atoms with Crippen LogP contribution in [-0.2, 0) is 0 Å². The number of ether oxygens (including phenoxy) is 1. The molecule has 0 amide bonds. The average molecular weight is 360 g/mol. The van der Waals surface area contributed by atoms with Gasteiger partial charge in [0.2, 0.25) is 5.95 Å². The summed E-state index contributed by atoms with van der Waals surface area (Å²) in [7, 11) is 0. The van der Waals surface area contributed by atoms with Crippen molar-refractivity contribution in [2.24, 2.45) is 0 Å². The number of nitrogens with zero attached hydrogens (tertiary/aromatic N) is 4. The molecule has 3 aromatic rings. The largest absolute Gasteiger partial charge is 0.479 e. The fourth-order valence-corrected chi connectivity index (χ4v) is 2.23. The summed E-state index contributed by atoms with van der Waals surface area (Å²) >= 11 is 0. The van der Waals surface area contributed by atoms with Crippen LogP contribution in [0.15, 0.2) is 54.7 Å². The zero-order chi connectivity index (χ0) is 19.1. The molecular weight excluding hydrogens is 347 g/mol. The van der Waals surface area contributed by atoms with E-state index in [1.165, 1.54) is 0 Å². The number of nitrogens with one attached hydrogen (secondary N) is 2. The second-order valence-corrected chi connectivity index (χ2v) is 5.31. The summed E-state index contributed by atoms with van der Waals surface area (Å²) in [4.78, 5) is 8.03. The molecule has 0 atom stereocenters. The lowest BCUT2D eigenvalue weighted by Gasteiger charge is -2.10. The maximum absolute atomic E-state index is 14.1. The van der Waals surface area contributed by atoms with Gasteiger partial charge in [0, 0.05) is 17.4 Å². The highest BCUT2D eigenvalue weighted by molar-refractivity contribution is 5.61. The molecule has 0 unspecified atom stereocenters. The minimum Gasteiger partial charge on any atom is -0.479 e. The molecule has 8 heteroatoms. The topological polar surface area (TPSA) is 107 Å². The van der Waals surface area contributed by atoms with Gasteiger partial charge in [-0.15, -0.1) is 0 Å². The van der Waals surface area contributed by atoms with Crippen molar-refractivity contribution in [3.63, 3.8) is 0 Å². The van der Waals surface area contributed by atoms with Crippen LogP contribution >= 0.6 is 0 Å². The predicted octanol–water partition coefficient (Wildman–Crippen LogP) is 3.88. The molecule has 0 aliphatic carbocycles. The quantitative estimate of drug-likeness (QED) is 0.687. The maximum Gasteiger partial charge on any atom is 0.229 e. The van der Waals surface area contributed by atoms with E-state index in [0.717, 1.165) is 6.20 Å². The zero-order valence-electron chi connectivity index (χ0n) is 14.0. The lowest BCUT2D eigenvalue weighted by molar-refractivity contribution is 0.368. The van der Waals surface area contributed by atoms with Gasteiger partial charge in [-0.1, -0.05) is 12.1 Å². The SMILES string of the molecule is N#CCOc1cccc(Nc2nc(Nc3cccc(C#N)c3)ncc2F)c1. The van der Waals surface area contributed by atoms with Crippen LogP contribution in [0.1, 0.15) is 5.56 Å². The van der Waals surface area contributed by atoms with Crippen molar-refractivity contribution in [2.75, 3.05) is 17.2 Å². The molecule has 0 saturated carbocycles. The Morgan fingerprint density at radius 1 is 1.04 bits per heavy atom. The van der Waals surface area contributed by atoms with E-state index in [1.54, 1.807) is 48.5 Å². The Morgan fingerprint density at radius 3 is 2.59 bits per heavy atom. The molecule has 27 heavy (non-hydrogen) atoms. The van der Waals surface area contributed by atoms with Crippen molar-refractivity contribution in [3.8, 4) is 17.9 Å². The molecule has 1 aromatic heterocycles. The minimum absolute atomic E-state index is 0.0265. The van der Waals surface area contributed by atoms with Crippen LogP contribution in [-0.4, -0.2) is 16.6 Å². The summed E-state index contributed by atoms with van der Waals surface area (Å²) in [6.07, 6.45) is 1.04. The Hall–Kier alpha value is -4.17. The zero-order valence-corrected chi connectivity index (χ0v) is 14.0. The monoisotopic (exact) mass is 360 g/mol. The Bertz CT molecular complexity index is 1040. The van der Waals surface area contributed by atoms with Crippen LogP contribution in [0.5, 0.6) is 5.75 Å². The molecule has 3 rings (SSSR count). The highest BCUT2D eigenvalue weighted by Crippen LogP contribution is 2.23. The summed E-state index contributed by atoms with van der Waals surface area (Å²) in [5.41, 5.74) is 1.63. The first-order chi connectivity index (χ1) is 13.2. The first-order valence-corrected chi connectivity index (χ1v) is 7.84. The summed E-state index contributed by atoms with van der Waals surface area (Å²) in [6.45, 7) is -0.0822. The molecule has 0 aliphatic rings. The van der Waals surface area contributed by atoms with E-state index in [4.69, 9.17) is 15.3 Å².